The van der Waals surface area contributed by atoms with E-state index in [-0.39, 0.29) is 17.1 Å². The number of benzene rings is 1. The van der Waals surface area contributed by atoms with Crippen molar-refractivity contribution in [1.82, 2.24) is 16.2 Å². The largest absolute Gasteiger partial charge is 0.361 e. The first-order valence-corrected chi connectivity index (χ1v) is 9.95. The zero-order valence-electron chi connectivity index (χ0n) is 13.6. The Bertz CT molecular complexity index is 661. The summed E-state index contributed by atoms with van der Waals surface area (Å²) in [6, 6.07) is 5.83. The number of sulfone groups is 1. The summed E-state index contributed by atoms with van der Waals surface area (Å²) in [5, 5.41) is 3.70. The maximum atomic E-state index is 12.1. The van der Waals surface area contributed by atoms with Crippen LogP contribution >= 0.6 is 23.8 Å². The van der Waals surface area contributed by atoms with Crippen molar-refractivity contribution >= 4 is 44.7 Å². The number of rotatable bonds is 7. The summed E-state index contributed by atoms with van der Waals surface area (Å²) in [4.78, 5) is 11.9. The van der Waals surface area contributed by atoms with Gasteiger partial charge in [-0.05, 0) is 48.8 Å². The minimum absolute atomic E-state index is 0.138. The molecule has 1 aromatic carbocycles. The summed E-state index contributed by atoms with van der Waals surface area (Å²) < 4.78 is 24.2. The van der Waals surface area contributed by atoms with Crippen molar-refractivity contribution in [2.45, 2.75) is 31.6 Å². The average molecular weight is 392 g/mol. The molecule has 0 radical (unpaired) electrons. The standard InChI is InChI=1S/C15H22ClN3O3S2/c1-11(2)7-9-17-15(23)19-18-14(20)8-10-24(21,22)13-5-3-12(16)4-6-13/h3-6,11H,7-10H2,1-2H3,(H,18,20)(H2,17,19,23). The van der Waals surface area contributed by atoms with E-state index in [4.69, 9.17) is 23.8 Å². The second-order valence-corrected chi connectivity index (χ2v) is 8.59. The van der Waals surface area contributed by atoms with Crippen LogP contribution in [0.25, 0.3) is 0 Å². The second kappa shape index (κ2) is 9.80. The monoisotopic (exact) mass is 391 g/mol. The molecule has 0 fully saturated rings. The van der Waals surface area contributed by atoms with Crippen molar-refractivity contribution < 1.29 is 13.2 Å². The van der Waals surface area contributed by atoms with Crippen LogP contribution in [0.3, 0.4) is 0 Å². The fourth-order valence-electron chi connectivity index (χ4n) is 1.69. The summed E-state index contributed by atoms with van der Waals surface area (Å²) in [6.07, 6.45) is 0.779. The molecule has 0 saturated carbocycles. The van der Waals surface area contributed by atoms with Crippen molar-refractivity contribution in [3.63, 3.8) is 0 Å². The molecule has 134 valence electrons. The predicted octanol–water partition coefficient (Wildman–Crippen LogP) is 2.05. The van der Waals surface area contributed by atoms with Crippen molar-refractivity contribution in [1.29, 1.82) is 0 Å². The summed E-state index contributed by atoms with van der Waals surface area (Å²) in [6.45, 7) is 4.90. The van der Waals surface area contributed by atoms with E-state index in [1.807, 2.05) is 0 Å². The fourth-order valence-corrected chi connectivity index (χ4v) is 3.21. The number of carbonyl (C=O) groups excluding carboxylic acids is 1. The van der Waals surface area contributed by atoms with Gasteiger partial charge in [-0.1, -0.05) is 25.4 Å². The highest BCUT2D eigenvalue weighted by molar-refractivity contribution is 7.91. The van der Waals surface area contributed by atoms with Crippen LogP contribution in [0, 0.1) is 5.92 Å². The third kappa shape index (κ3) is 7.94. The van der Waals surface area contributed by atoms with E-state index in [2.05, 4.69) is 30.0 Å². The molecule has 0 spiro atoms. The molecule has 0 heterocycles. The number of nitrogens with one attached hydrogen (secondary N) is 3. The Kier molecular flexibility index (Phi) is 8.44. The molecule has 24 heavy (non-hydrogen) atoms. The first-order valence-electron chi connectivity index (χ1n) is 7.51. The Hall–Kier alpha value is -1.38. The van der Waals surface area contributed by atoms with Crippen LogP contribution < -0.4 is 16.2 Å². The van der Waals surface area contributed by atoms with Crippen LogP contribution in [0.1, 0.15) is 26.7 Å². The molecule has 0 aliphatic rings. The molecule has 0 aliphatic heterocycles. The molecule has 0 aromatic heterocycles. The molecule has 0 unspecified atom stereocenters. The lowest BCUT2D eigenvalue weighted by Crippen LogP contribution is -2.47. The Morgan fingerprint density at radius 2 is 1.83 bits per heavy atom. The normalized spacial score (nSPS) is 11.2. The smallest absolute Gasteiger partial charge is 0.239 e. The minimum Gasteiger partial charge on any atom is -0.361 e. The molecular formula is C15H22ClN3O3S2. The molecule has 0 bridgehead atoms. The predicted molar refractivity (Wildman–Crippen MR) is 99.5 cm³/mol. The summed E-state index contributed by atoms with van der Waals surface area (Å²) in [5.74, 6) is -0.205. The van der Waals surface area contributed by atoms with Crippen LogP contribution in [-0.2, 0) is 14.6 Å². The van der Waals surface area contributed by atoms with Gasteiger partial charge in [0.25, 0.3) is 0 Å². The summed E-state index contributed by atoms with van der Waals surface area (Å²) >= 11 is 10.7. The Morgan fingerprint density at radius 3 is 2.42 bits per heavy atom. The lowest BCUT2D eigenvalue weighted by Gasteiger charge is -2.12. The van der Waals surface area contributed by atoms with E-state index in [1.54, 1.807) is 0 Å². The number of hydrogen-bond acceptors (Lipinski definition) is 4. The van der Waals surface area contributed by atoms with Gasteiger partial charge in [0, 0.05) is 18.0 Å². The van der Waals surface area contributed by atoms with Gasteiger partial charge in [-0.2, -0.15) is 0 Å². The number of hydrazine groups is 1. The SMILES string of the molecule is CC(C)CCNC(=S)NNC(=O)CCS(=O)(=O)c1ccc(Cl)cc1. The Balaban J connectivity index is 2.35. The first-order chi connectivity index (χ1) is 11.2. The Labute approximate surface area is 153 Å². The minimum atomic E-state index is -3.53. The fraction of sp³-hybridized carbons (Fsp3) is 0.467. The second-order valence-electron chi connectivity index (χ2n) is 5.63. The maximum absolute atomic E-state index is 12.1. The molecule has 9 heteroatoms. The molecule has 0 atom stereocenters. The van der Waals surface area contributed by atoms with E-state index >= 15 is 0 Å². The van der Waals surface area contributed by atoms with Gasteiger partial charge in [-0.25, -0.2) is 8.42 Å². The van der Waals surface area contributed by atoms with Crippen LogP contribution in [0.5, 0.6) is 0 Å². The van der Waals surface area contributed by atoms with Gasteiger partial charge in [0.15, 0.2) is 14.9 Å². The molecular weight excluding hydrogens is 370 g/mol. The molecule has 1 amide bonds. The lowest BCUT2D eigenvalue weighted by atomic mass is 10.1. The quantitative estimate of drug-likeness (QED) is 0.487. The van der Waals surface area contributed by atoms with E-state index < -0.39 is 15.7 Å². The first kappa shape index (κ1) is 20.7. The average Bonchev–Trinajstić information content (AvgIpc) is 2.51. The number of amides is 1. The highest BCUT2D eigenvalue weighted by Gasteiger charge is 2.16. The molecule has 1 aromatic rings. The van der Waals surface area contributed by atoms with Gasteiger partial charge in [-0.3, -0.25) is 15.6 Å². The zero-order valence-corrected chi connectivity index (χ0v) is 16.0. The number of thiocarbonyl (C=S) groups is 1. The molecule has 3 N–H and O–H groups in total. The highest BCUT2D eigenvalue weighted by atomic mass is 35.5. The Morgan fingerprint density at radius 1 is 1.21 bits per heavy atom. The van der Waals surface area contributed by atoms with Crippen molar-refractivity contribution in [3.8, 4) is 0 Å². The topological polar surface area (TPSA) is 87.3 Å². The van der Waals surface area contributed by atoms with Crippen molar-refractivity contribution in [3.05, 3.63) is 29.3 Å². The lowest BCUT2D eigenvalue weighted by molar-refractivity contribution is -0.121. The summed E-state index contributed by atoms with van der Waals surface area (Å²) in [5.41, 5.74) is 4.92. The molecule has 6 nitrogen and oxygen atoms in total. The van der Waals surface area contributed by atoms with Gasteiger partial charge >= 0.3 is 0 Å². The van der Waals surface area contributed by atoms with Gasteiger partial charge in [0.1, 0.15) is 0 Å². The zero-order chi connectivity index (χ0) is 18.2. The number of hydrogen-bond donors (Lipinski definition) is 3. The third-order valence-electron chi connectivity index (χ3n) is 3.09. The van der Waals surface area contributed by atoms with Crippen LogP contribution in [0.2, 0.25) is 5.02 Å². The van der Waals surface area contributed by atoms with Gasteiger partial charge in [0.05, 0.1) is 10.6 Å². The summed E-state index contributed by atoms with van der Waals surface area (Å²) in [7, 11) is -3.53. The van der Waals surface area contributed by atoms with E-state index in [0.717, 1.165) is 6.42 Å². The van der Waals surface area contributed by atoms with E-state index in [0.29, 0.717) is 22.6 Å². The highest BCUT2D eigenvalue weighted by Crippen LogP contribution is 2.15. The molecule has 0 aliphatic carbocycles. The maximum Gasteiger partial charge on any atom is 0.239 e. The van der Waals surface area contributed by atoms with E-state index in [1.165, 1.54) is 24.3 Å². The number of carbonyl (C=O) groups is 1. The number of halogens is 1. The van der Waals surface area contributed by atoms with Gasteiger partial charge in [0.2, 0.25) is 5.91 Å². The van der Waals surface area contributed by atoms with Crippen molar-refractivity contribution in [2.75, 3.05) is 12.3 Å². The van der Waals surface area contributed by atoms with E-state index in [9.17, 15) is 13.2 Å². The van der Waals surface area contributed by atoms with Gasteiger partial charge in [-0.15, -0.1) is 0 Å². The van der Waals surface area contributed by atoms with Gasteiger partial charge < -0.3 is 5.32 Å². The van der Waals surface area contributed by atoms with Crippen LogP contribution in [-0.4, -0.2) is 31.7 Å². The molecule has 1 rings (SSSR count). The van der Waals surface area contributed by atoms with Crippen molar-refractivity contribution in [2.24, 2.45) is 5.92 Å². The van der Waals surface area contributed by atoms with Crippen LogP contribution in [0.15, 0.2) is 29.2 Å². The third-order valence-corrected chi connectivity index (χ3v) is 5.32. The van der Waals surface area contributed by atoms with Crippen LogP contribution in [0.4, 0.5) is 0 Å². The molecule has 0 saturated heterocycles.